The molecule has 8 heteroatoms. The first kappa shape index (κ1) is 13.5. The maximum Gasteiger partial charge on any atom is 0.273 e. The van der Waals surface area contributed by atoms with E-state index in [2.05, 4.69) is 9.71 Å². The van der Waals surface area contributed by atoms with Gasteiger partial charge in [-0.15, -0.1) is 22.7 Å². The van der Waals surface area contributed by atoms with Crippen LogP contribution in [-0.4, -0.2) is 18.5 Å². The first-order chi connectivity index (χ1) is 8.42. The maximum atomic E-state index is 12.0. The lowest BCUT2D eigenvalue weighted by Gasteiger charge is -2.01. The molecule has 0 aliphatic heterocycles. The van der Waals surface area contributed by atoms with Crippen molar-refractivity contribution in [2.75, 3.05) is 4.72 Å². The van der Waals surface area contributed by atoms with Gasteiger partial charge in [0.25, 0.3) is 10.0 Å². The molecule has 98 valence electrons. The standard InChI is InChI=1S/C10H12N2O3S3/c1-6-7(2)16-10(11-6)12-18(14,15)9-4-3-8(5-13)17-9/h3-4,13H,5H2,1-2H3,(H,11,12). The number of nitrogens with one attached hydrogen (secondary N) is 1. The summed E-state index contributed by atoms with van der Waals surface area (Å²) in [5, 5.41) is 9.30. The minimum absolute atomic E-state index is 0.157. The highest BCUT2D eigenvalue weighted by molar-refractivity contribution is 7.94. The molecule has 2 N–H and O–H groups in total. The minimum atomic E-state index is -3.60. The highest BCUT2D eigenvalue weighted by atomic mass is 32.2. The molecule has 2 aromatic rings. The molecular formula is C10H12N2O3S3. The van der Waals surface area contributed by atoms with Crippen molar-refractivity contribution in [3.8, 4) is 0 Å². The molecule has 18 heavy (non-hydrogen) atoms. The van der Waals surface area contributed by atoms with Crippen LogP contribution in [0.15, 0.2) is 16.3 Å². The van der Waals surface area contributed by atoms with E-state index >= 15 is 0 Å². The van der Waals surface area contributed by atoms with Crippen LogP contribution in [0.5, 0.6) is 0 Å². The fourth-order valence-corrected chi connectivity index (χ4v) is 4.53. The quantitative estimate of drug-likeness (QED) is 0.906. The molecule has 2 aromatic heterocycles. The minimum Gasteiger partial charge on any atom is -0.391 e. The highest BCUT2D eigenvalue weighted by Crippen LogP contribution is 2.27. The lowest BCUT2D eigenvalue weighted by molar-refractivity contribution is 0.285. The van der Waals surface area contributed by atoms with Crippen LogP contribution in [-0.2, 0) is 16.6 Å². The molecule has 0 unspecified atom stereocenters. The maximum absolute atomic E-state index is 12.0. The Balaban J connectivity index is 2.26. The Kier molecular flexibility index (Phi) is 3.71. The molecule has 0 spiro atoms. The van der Waals surface area contributed by atoms with Gasteiger partial charge in [0, 0.05) is 9.75 Å². The number of nitrogens with zero attached hydrogens (tertiary/aromatic N) is 1. The average molecular weight is 304 g/mol. The number of thiophene rings is 1. The summed E-state index contributed by atoms with van der Waals surface area (Å²) in [6.45, 7) is 3.56. The molecule has 0 fully saturated rings. The molecule has 0 saturated heterocycles. The summed E-state index contributed by atoms with van der Waals surface area (Å²) in [6, 6.07) is 3.07. The van der Waals surface area contributed by atoms with Crippen molar-refractivity contribution in [3.63, 3.8) is 0 Å². The van der Waals surface area contributed by atoms with Crippen molar-refractivity contribution >= 4 is 37.8 Å². The zero-order valence-corrected chi connectivity index (χ0v) is 12.2. The summed E-state index contributed by atoms with van der Waals surface area (Å²) in [5.41, 5.74) is 0.819. The fourth-order valence-electron chi connectivity index (χ4n) is 1.27. The smallest absolute Gasteiger partial charge is 0.273 e. The first-order valence-electron chi connectivity index (χ1n) is 5.09. The Morgan fingerprint density at radius 3 is 2.56 bits per heavy atom. The Morgan fingerprint density at radius 2 is 2.06 bits per heavy atom. The van der Waals surface area contributed by atoms with Crippen molar-refractivity contribution < 1.29 is 13.5 Å². The third-order valence-electron chi connectivity index (χ3n) is 2.31. The van der Waals surface area contributed by atoms with E-state index < -0.39 is 10.0 Å². The van der Waals surface area contributed by atoms with Gasteiger partial charge in [-0.3, -0.25) is 4.72 Å². The van der Waals surface area contributed by atoms with Crippen molar-refractivity contribution in [1.29, 1.82) is 0 Å². The zero-order valence-electron chi connectivity index (χ0n) is 9.80. The van der Waals surface area contributed by atoms with Gasteiger partial charge in [-0.05, 0) is 26.0 Å². The number of thiazole rings is 1. The largest absolute Gasteiger partial charge is 0.391 e. The monoisotopic (exact) mass is 304 g/mol. The van der Waals surface area contributed by atoms with E-state index in [9.17, 15) is 8.42 Å². The van der Waals surface area contributed by atoms with Crippen LogP contribution in [0.25, 0.3) is 0 Å². The summed E-state index contributed by atoms with van der Waals surface area (Å²) >= 11 is 2.35. The normalized spacial score (nSPS) is 11.7. The number of anilines is 1. The Hall–Kier alpha value is -0.960. The van der Waals surface area contributed by atoms with E-state index in [0.29, 0.717) is 10.0 Å². The van der Waals surface area contributed by atoms with Crippen LogP contribution in [0.2, 0.25) is 0 Å². The van der Waals surface area contributed by atoms with Crippen molar-refractivity contribution in [2.45, 2.75) is 24.7 Å². The summed E-state index contributed by atoms with van der Waals surface area (Å²) in [4.78, 5) is 5.73. The van der Waals surface area contributed by atoms with Gasteiger partial charge in [0.1, 0.15) is 4.21 Å². The molecule has 5 nitrogen and oxygen atoms in total. The number of hydrogen-bond donors (Lipinski definition) is 2. The van der Waals surface area contributed by atoms with Gasteiger partial charge >= 0.3 is 0 Å². The molecule has 0 atom stereocenters. The number of rotatable bonds is 4. The van der Waals surface area contributed by atoms with E-state index in [1.807, 2.05) is 13.8 Å². The van der Waals surface area contributed by atoms with Crippen LogP contribution in [0.3, 0.4) is 0 Å². The van der Waals surface area contributed by atoms with E-state index in [1.165, 1.54) is 17.4 Å². The zero-order chi connectivity index (χ0) is 13.3. The number of aliphatic hydroxyl groups excluding tert-OH is 1. The lowest BCUT2D eigenvalue weighted by Crippen LogP contribution is -2.11. The van der Waals surface area contributed by atoms with Crippen LogP contribution < -0.4 is 4.72 Å². The number of hydrogen-bond acceptors (Lipinski definition) is 6. The van der Waals surface area contributed by atoms with Gasteiger partial charge in [-0.2, -0.15) is 0 Å². The van der Waals surface area contributed by atoms with Gasteiger partial charge in [-0.1, -0.05) is 0 Å². The summed E-state index contributed by atoms with van der Waals surface area (Å²) in [6.07, 6.45) is 0. The number of aromatic nitrogens is 1. The van der Waals surface area contributed by atoms with Crippen molar-refractivity contribution in [3.05, 3.63) is 27.6 Å². The predicted octanol–water partition coefficient (Wildman–Crippen LogP) is 2.11. The lowest BCUT2D eigenvalue weighted by atomic mass is 10.4. The van der Waals surface area contributed by atoms with Crippen LogP contribution in [0.1, 0.15) is 15.4 Å². The Bertz CT molecular complexity index is 638. The average Bonchev–Trinajstić information content (AvgIpc) is 2.86. The van der Waals surface area contributed by atoms with Crippen LogP contribution in [0, 0.1) is 13.8 Å². The fraction of sp³-hybridized carbons (Fsp3) is 0.300. The third kappa shape index (κ3) is 2.72. The van der Waals surface area contributed by atoms with E-state index in [0.717, 1.165) is 21.9 Å². The number of aliphatic hydroxyl groups is 1. The molecule has 0 amide bonds. The predicted molar refractivity (Wildman–Crippen MR) is 72.6 cm³/mol. The summed E-state index contributed by atoms with van der Waals surface area (Å²) in [5.74, 6) is 0. The second-order valence-electron chi connectivity index (χ2n) is 3.64. The second-order valence-corrected chi connectivity index (χ2v) is 7.93. The van der Waals surface area contributed by atoms with E-state index in [1.54, 1.807) is 6.07 Å². The molecule has 0 aromatic carbocycles. The molecule has 0 saturated carbocycles. The first-order valence-corrected chi connectivity index (χ1v) is 8.20. The molecule has 0 radical (unpaired) electrons. The van der Waals surface area contributed by atoms with Gasteiger partial charge in [0.05, 0.1) is 12.3 Å². The number of sulfonamides is 1. The van der Waals surface area contributed by atoms with Gasteiger partial charge < -0.3 is 5.11 Å². The Labute approximate surface area is 113 Å². The van der Waals surface area contributed by atoms with Crippen LogP contribution in [0.4, 0.5) is 5.13 Å². The van der Waals surface area contributed by atoms with Crippen molar-refractivity contribution in [2.24, 2.45) is 0 Å². The molecule has 0 bridgehead atoms. The molecule has 0 aliphatic carbocycles. The molecule has 2 heterocycles. The van der Waals surface area contributed by atoms with E-state index in [4.69, 9.17) is 5.11 Å². The molecule has 2 rings (SSSR count). The number of aryl methyl sites for hydroxylation is 2. The van der Waals surface area contributed by atoms with E-state index in [-0.39, 0.29) is 10.8 Å². The SMILES string of the molecule is Cc1nc(NS(=O)(=O)c2ccc(CO)s2)sc1C. The third-order valence-corrected chi connectivity index (χ3v) is 6.33. The van der Waals surface area contributed by atoms with Gasteiger partial charge in [0.15, 0.2) is 5.13 Å². The topological polar surface area (TPSA) is 79.3 Å². The van der Waals surface area contributed by atoms with Crippen LogP contribution >= 0.6 is 22.7 Å². The molecular weight excluding hydrogens is 292 g/mol. The van der Waals surface area contributed by atoms with Gasteiger partial charge in [-0.25, -0.2) is 13.4 Å². The summed E-state index contributed by atoms with van der Waals surface area (Å²) < 4.78 is 26.7. The van der Waals surface area contributed by atoms with Crippen molar-refractivity contribution in [1.82, 2.24) is 4.98 Å². The highest BCUT2D eigenvalue weighted by Gasteiger charge is 2.18. The summed E-state index contributed by atoms with van der Waals surface area (Å²) in [7, 11) is -3.60. The molecule has 0 aliphatic rings. The second kappa shape index (κ2) is 4.96. The Morgan fingerprint density at radius 1 is 1.33 bits per heavy atom. The van der Waals surface area contributed by atoms with Gasteiger partial charge in [0.2, 0.25) is 0 Å².